The van der Waals surface area contributed by atoms with Crippen molar-refractivity contribution in [2.45, 2.75) is 43.5 Å². The van der Waals surface area contributed by atoms with Crippen LogP contribution in [0.1, 0.15) is 49.1 Å². The second kappa shape index (κ2) is 5.34. The number of nitrogens with zero attached hydrogens (tertiary/aromatic N) is 1. The molecule has 106 valence electrons. The fourth-order valence-corrected chi connectivity index (χ4v) is 2.62. The number of sulfonamides is 1. The largest absolute Gasteiger partial charge is 0.351 e. The van der Waals surface area contributed by atoms with E-state index in [4.69, 9.17) is 5.14 Å². The van der Waals surface area contributed by atoms with E-state index in [0.29, 0.717) is 12.2 Å². The van der Waals surface area contributed by atoms with Crippen LogP contribution in [0, 0.1) is 0 Å². The zero-order chi connectivity index (χ0) is 14.0. The van der Waals surface area contributed by atoms with Crippen molar-refractivity contribution in [2.24, 2.45) is 5.14 Å². The number of hydrogen-bond acceptors (Lipinski definition) is 3. The lowest BCUT2D eigenvalue weighted by Crippen LogP contribution is -2.29. The fraction of sp³-hybridized carbons (Fsp3) is 0.583. The van der Waals surface area contributed by atoms with E-state index in [9.17, 15) is 13.2 Å². The Bertz CT molecular complexity index is 573. The van der Waals surface area contributed by atoms with Crippen molar-refractivity contribution in [3.8, 4) is 0 Å². The van der Waals surface area contributed by atoms with Crippen LogP contribution in [0.2, 0.25) is 0 Å². The molecule has 0 radical (unpaired) electrons. The van der Waals surface area contributed by atoms with Gasteiger partial charge in [-0.1, -0.05) is 6.92 Å². The quantitative estimate of drug-likeness (QED) is 0.845. The molecule has 0 unspecified atom stereocenters. The van der Waals surface area contributed by atoms with E-state index < -0.39 is 10.0 Å². The Labute approximate surface area is 113 Å². The van der Waals surface area contributed by atoms with Gasteiger partial charge >= 0.3 is 0 Å². The number of aromatic nitrogens is 1. The number of rotatable bonds is 5. The van der Waals surface area contributed by atoms with Gasteiger partial charge < -0.3 is 9.88 Å². The lowest BCUT2D eigenvalue weighted by Gasteiger charge is -2.28. The first-order valence-corrected chi connectivity index (χ1v) is 8.01. The van der Waals surface area contributed by atoms with Crippen molar-refractivity contribution < 1.29 is 13.2 Å². The highest BCUT2D eigenvalue weighted by atomic mass is 32.2. The number of amides is 1. The van der Waals surface area contributed by atoms with Crippen LogP contribution in [-0.4, -0.2) is 25.4 Å². The summed E-state index contributed by atoms with van der Waals surface area (Å²) in [7, 11) is -3.78. The zero-order valence-electron chi connectivity index (χ0n) is 10.9. The third-order valence-electron chi connectivity index (χ3n) is 3.39. The number of carbonyl (C=O) groups excluding carboxylic acids is 1. The molecule has 0 atom stereocenters. The summed E-state index contributed by atoms with van der Waals surface area (Å²) < 4.78 is 24.5. The normalized spacial score (nSPS) is 16.1. The zero-order valence-corrected chi connectivity index (χ0v) is 11.7. The lowest BCUT2D eigenvalue weighted by atomic mass is 9.93. The maximum absolute atomic E-state index is 12.0. The molecule has 1 aliphatic carbocycles. The molecule has 19 heavy (non-hydrogen) atoms. The molecule has 1 saturated carbocycles. The van der Waals surface area contributed by atoms with Crippen molar-refractivity contribution in [3.63, 3.8) is 0 Å². The average molecular weight is 285 g/mol. The Balaban J connectivity index is 2.34. The van der Waals surface area contributed by atoms with Gasteiger partial charge in [-0.3, -0.25) is 4.79 Å². The topological polar surface area (TPSA) is 94.2 Å². The molecule has 0 aromatic carbocycles. The first-order chi connectivity index (χ1) is 8.93. The van der Waals surface area contributed by atoms with Crippen molar-refractivity contribution in [3.05, 3.63) is 18.0 Å². The molecule has 6 nitrogen and oxygen atoms in total. The van der Waals surface area contributed by atoms with Gasteiger partial charge in [0.2, 0.25) is 10.0 Å². The number of carbonyl (C=O) groups is 1. The Morgan fingerprint density at radius 2 is 2.21 bits per heavy atom. The minimum Gasteiger partial charge on any atom is -0.351 e. The first kappa shape index (κ1) is 14.1. The molecule has 1 heterocycles. The van der Waals surface area contributed by atoms with Gasteiger partial charge in [-0.25, -0.2) is 13.6 Å². The predicted octanol–water partition coefficient (Wildman–Crippen LogP) is 1.00. The number of hydrogen-bond donors (Lipinski definition) is 2. The number of nitrogens with one attached hydrogen (secondary N) is 1. The van der Waals surface area contributed by atoms with Gasteiger partial charge in [-0.2, -0.15) is 0 Å². The molecule has 1 fully saturated rings. The second-order valence-corrected chi connectivity index (χ2v) is 6.42. The van der Waals surface area contributed by atoms with E-state index in [1.54, 1.807) is 4.57 Å². The fourth-order valence-electron chi connectivity index (χ4n) is 2.09. The standard InChI is InChI=1S/C12H19N3O3S/c1-2-6-14-12(16)11-7-10(19(13,17)18)8-15(11)9-4-3-5-9/h7-9H,2-6H2,1H3,(H,14,16)(H2,13,17,18). The third kappa shape index (κ3) is 2.98. The highest BCUT2D eigenvalue weighted by Crippen LogP contribution is 2.34. The van der Waals surface area contributed by atoms with E-state index >= 15 is 0 Å². The molecule has 1 amide bonds. The summed E-state index contributed by atoms with van der Waals surface area (Å²) in [6.07, 6.45) is 5.33. The van der Waals surface area contributed by atoms with E-state index in [1.165, 1.54) is 12.3 Å². The summed E-state index contributed by atoms with van der Waals surface area (Å²) in [5.41, 5.74) is 0.377. The average Bonchev–Trinajstić information content (AvgIpc) is 2.68. The third-order valence-corrected chi connectivity index (χ3v) is 4.27. The molecule has 0 saturated heterocycles. The van der Waals surface area contributed by atoms with Crippen LogP contribution in [-0.2, 0) is 10.0 Å². The molecule has 0 aliphatic heterocycles. The molecule has 1 aromatic heterocycles. The SMILES string of the molecule is CCCNC(=O)c1cc(S(N)(=O)=O)cn1C1CCC1. The Hall–Kier alpha value is -1.34. The van der Waals surface area contributed by atoms with Crippen LogP contribution in [0.3, 0.4) is 0 Å². The van der Waals surface area contributed by atoms with Crippen LogP contribution < -0.4 is 10.5 Å². The number of nitrogens with two attached hydrogens (primary N) is 1. The maximum atomic E-state index is 12.0. The minimum atomic E-state index is -3.78. The van der Waals surface area contributed by atoms with Gasteiger partial charge in [0.25, 0.3) is 5.91 Å². The van der Waals surface area contributed by atoms with Crippen LogP contribution in [0.5, 0.6) is 0 Å². The molecular formula is C12H19N3O3S. The van der Waals surface area contributed by atoms with Gasteiger partial charge in [0.1, 0.15) is 10.6 Å². The molecule has 1 aliphatic rings. The molecule has 7 heteroatoms. The summed E-state index contributed by atoms with van der Waals surface area (Å²) in [6.45, 7) is 2.53. The van der Waals surface area contributed by atoms with Gasteiger partial charge in [0, 0.05) is 18.8 Å². The van der Waals surface area contributed by atoms with Crippen LogP contribution >= 0.6 is 0 Å². The van der Waals surface area contributed by atoms with E-state index in [2.05, 4.69) is 5.32 Å². The summed E-state index contributed by atoms with van der Waals surface area (Å²) in [4.78, 5) is 12.0. The van der Waals surface area contributed by atoms with E-state index in [1.807, 2.05) is 6.92 Å². The first-order valence-electron chi connectivity index (χ1n) is 6.46. The predicted molar refractivity (Wildman–Crippen MR) is 71.3 cm³/mol. The van der Waals surface area contributed by atoms with Crippen LogP contribution in [0.15, 0.2) is 17.2 Å². The minimum absolute atomic E-state index is 0.000971. The molecule has 2 rings (SSSR count). The molecule has 3 N–H and O–H groups in total. The van der Waals surface area contributed by atoms with Gasteiger partial charge in [-0.05, 0) is 31.7 Å². The molecule has 0 spiro atoms. The van der Waals surface area contributed by atoms with Gasteiger partial charge in [0.05, 0.1) is 0 Å². The van der Waals surface area contributed by atoms with Crippen molar-refractivity contribution >= 4 is 15.9 Å². The van der Waals surface area contributed by atoms with Crippen LogP contribution in [0.4, 0.5) is 0 Å². The van der Waals surface area contributed by atoms with E-state index in [-0.39, 0.29) is 16.8 Å². The lowest BCUT2D eigenvalue weighted by molar-refractivity contribution is 0.0938. The summed E-state index contributed by atoms with van der Waals surface area (Å²) in [6, 6.07) is 1.57. The number of primary sulfonamides is 1. The smallest absolute Gasteiger partial charge is 0.267 e. The Morgan fingerprint density at radius 1 is 1.53 bits per heavy atom. The summed E-state index contributed by atoms with van der Waals surface area (Å²) in [5.74, 6) is -0.247. The molecule has 0 bridgehead atoms. The maximum Gasteiger partial charge on any atom is 0.267 e. The molecular weight excluding hydrogens is 266 g/mol. The highest BCUT2D eigenvalue weighted by molar-refractivity contribution is 7.89. The van der Waals surface area contributed by atoms with Gasteiger partial charge in [-0.15, -0.1) is 0 Å². The summed E-state index contributed by atoms with van der Waals surface area (Å²) >= 11 is 0. The van der Waals surface area contributed by atoms with Crippen LogP contribution in [0.25, 0.3) is 0 Å². The summed E-state index contributed by atoms with van der Waals surface area (Å²) in [5, 5.41) is 7.89. The highest BCUT2D eigenvalue weighted by Gasteiger charge is 2.26. The monoisotopic (exact) mass is 285 g/mol. The van der Waals surface area contributed by atoms with E-state index in [0.717, 1.165) is 25.7 Å². The van der Waals surface area contributed by atoms with Crippen molar-refractivity contribution in [1.29, 1.82) is 0 Å². The molecule has 1 aromatic rings. The van der Waals surface area contributed by atoms with Crippen molar-refractivity contribution in [2.75, 3.05) is 6.54 Å². The Morgan fingerprint density at radius 3 is 2.68 bits per heavy atom. The second-order valence-electron chi connectivity index (χ2n) is 4.85. The Kier molecular flexibility index (Phi) is 3.96. The van der Waals surface area contributed by atoms with Crippen molar-refractivity contribution in [1.82, 2.24) is 9.88 Å². The van der Waals surface area contributed by atoms with Gasteiger partial charge in [0.15, 0.2) is 0 Å².